The van der Waals surface area contributed by atoms with Gasteiger partial charge in [-0.2, -0.15) is 0 Å². The minimum absolute atomic E-state index is 0.0171. The average molecular weight is 342 g/mol. The number of benzene rings is 2. The Morgan fingerprint density at radius 2 is 2.17 bits per heavy atom. The van der Waals surface area contributed by atoms with E-state index in [0.29, 0.717) is 6.54 Å². The van der Waals surface area contributed by atoms with E-state index >= 15 is 0 Å². The summed E-state index contributed by atoms with van der Waals surface area (Å²) in [6.07, 6.45) is 2.90. The minimum atomic E-state index is -0.123. The summed E-state index contributed by atoms with van der Waals surface area (Å²) < 4.78 is 5.98. The Hall–Kier alpha value is -2.14. The van der Waals surface area contributed by atoms with Gasteiger partial charge >= 0.3 is 6.03 Å². The smallest absolute Gasteiger partial charge is 0.326 e. The molecule has 2 amide bonds. The van der Waals surface area contributed by atoms with Crippen molar-refractivity contribution in [2.24, 2.45) is 0 Å². The second-order valence-corrected chi connectivity index (χ2v) is 6.77. The van der Waals surface area contributed by atoms with Crippen LogP contribution >= 0.6 is 11.8 Å². The zero-order valence-electron chi connectivity index (χ0n) is 14.2. The van der Waals surface area contributed by atoms with Gasteiger partial charge in [-0.05, 0) is 55.5 Å². The third-order valence-electron chi connectivity index (χ3n) is 4.11. The van der Waals surface area contributed by atoms with Gasteiger partial charge in [-0.15, -0.1) is 11.8 Å². The maximum atomic E-state index is 12.9. The molecular weight excluding hydrogens is 320 g/mol. The lowest BCUT2D eigenvalue weighted by atomic mass is 10.1. The van der Waals surface area contributed by atoms with Crippen molar-refractivity contribution in [3.05, 3.63) is 48.0 Å². The highest BCUT2D eigenvalue weighted by Gasteiger charge is 2.29. The number of hydrogen-bond donors (Lipinski definition) is 1. The first kappa shape index (κ1) is 16.7. The molecule has 0 aromatic heterocycles. The van der Waals surface area contributed by atoms with Crippen molar-refractivity contribution in [1.82, 2.24) is 0 Å². The average Bonchev–Trinajstić information content (AvgIpc) is 2.60. The van der Waals surface area contributed by atoms with Crippen LogP contribution in [0, 0.1) is 6.92 Å². The lowest BCUT2D eigenvalue weighted by Crippen LogP contribution is -2.45. The quantitative estimate of drug-likeness (QED) is 0.805. The molecule has 5 heteroatoms. The molecule has 0 saturated heterocycles. The van der Waals surface area contributed by atoms with E-state index in [0.717, 1.165) is 34.0 Å². The summed E-state index contributed by atoms with van der Waals surface area (Å²) in [4.78, 5) is 15.8. The molecule has 0 saturated carbocycles. The van der Waals surface area contributed by atoms with Gasteiger partial charge in [-0.25, -0.2) is 4.79 Å². The number of hydrogen-bond acceptors (Lipinski definition) is 3. The minimum Gasteiger partial charge on any atom is -0.486 e. The van der Waals surface area contributed by atoms with Gasteiger partial charge in [-0.3, -0.25) is 4.90 Å². The number of nitrogens with one attached hydrogen (secondary N) is 1. The van der Waals surface area contributed by atoms with E-state index in [1.807, 2.05) is 55.6 Å². The first-order chi connectivity index (χ1) is 11.6. The number of ether oxygens (including phenoxy) is 1. The maximum absolute atomic E-state index is 12.9. The van der Waals surface area contributed by atoms with Crippen LogP contribution in [-0.2, 0) is 0 Å². The Balaban J connectivity index is 1.87. The van der Waals surface area contributed by atoms with E-state index in [1.165, 1.54) is 0 Å². The highest BCUT2D eigenvalue weighted by molar-refractivity contribution is 7.98. The molecule has 0 fully saturated rings. The molecule has 0 radical (unpaired) electrons. The molecule has 1 heterocycles. The van der Waals surface area contributed by atoms with Crippen molar-refractivity contribution >= 4 is 29.2 Å². The van der Waals surface area contributed by atoms with Crippen molar-refractivity contribution in [1.29, 1.82) is 0 Å². The molecule has 4 nitrogen and oxygen atoms in total. The Labute approximate surface area is 147 Å². The monoisotopic (exact) mass is 342 g/mol. The number of rotatable bonds is 3. The fraction of sp³-hybridized carbons (Fsp3) is 0.316. The van der Waals surface area contributed by atoms with Crippen LogP contribution in [0.1, 0.15) is 18.9 Å². The van der Waals surface area contributed by atoms with E-state index < -0.39 is 0 Å². The van der Waals surface area contributed by atoms with Crippen LogP contribution in [0.5, 0.6) is 5.75 Å². The number of amides is 2. The topological polar surface area (TPSA) is 41.6 Å². The van der Waals surface area contributed by atoms with Crippen LogP contribution in [0.4, 0.5) is 16.2 Å². The van der Waals surface area contributed by atoms with Crippen molar-refractivity contribution in [3.63, 3.8) is 0 Å². The lowest BCUT2D eigenvalue weighted by molar-refractivity contribution is 0.188. The van der Waals surface area contributed by atoms with E-state index in [9.17, 15) is 4.79 Å². The van der Waals surface area contributed by atoms with Crippen LogP contribution < -0.4 is 15.0 Å². The second-order valence-electron chi connectivity index (χ2n) is 5.89. The van der Waals surface area contributed by atoms with Crippen molar-refractivity contribution in [3.8, 4) is 5.75 Å². The van der Waals surface area contributed by atoms with Crippen molar-refractivity contribution in [2.45, 2.75) is 31.3 Å². The van der Waals surface area contributed by atoms with Gasteiger partial charge < -0.3 is 10.1 Å². The van der Waals surface area contributed by atoms with Gasteiger partial charge in [0.1, 0.15) is 11.9 Å². The van der Waals surface area contributed by atoms with Crippen LogP contribution in [0.15, 0.2) is 47.4 Å². The third-order valence-corrected chi connectivity index (χ3v) is 4.83. The molecule has 24 heavy (non-hydrogen) atoms. The predicted molar refractivity (Wildman–Crippen MR) is 100 cm³/mol. The van der Waals surface area contributed by atoms with Gasteiger partial charge in [0.2, 0.25) is 0 Å². The Bertz CT molecular complexity index is 748. The molecule has 1 aliphatic rings. The molecule has 3 rings (SSSR count). The normalized spacial score (nSPS) is 16.3. The molecule has 1 aliphatic heterocycles. The van der Waals surface area contributed by atoms with Gasteiger partial charge in [0.15, 0.2) is 0 Å². The zero-order valence-corrected chi connectivity index (χ0v) is 15.0. The van der Waals surface area contributed by atoms with E-state index in [4.69, 9.17) is 4.74 Å². The molecular formula is C19H22N2O2S. The highest BCUT2D eigenvalue weighted by Crippen LogP contribution is 2.35. The molecule has 1 N–H and O–H groups in total. The molecule has 0 bridgehead atoms. The Morgan fingerprint density at radius 1 is 1.33 bits per heavy atom. The number of thioether (sulfide) groups is 1. The summed E-state index contributed by atoms with van der Waals surface area (Å²) >= 11 is 1.66. The standard InChI is InChI=1S/C19H22N2O2S/c1-4-15-12-21(17-10-13(2)8-9-18(17)23-15)19(22)20-14-6-5-7-16(11-14)24-3/h5-11,15H,4,12H2,1-3H3,(H,20,22)/t15-/m1/s1. The summed E-state index contributed by atoms with van der Waals surface area (Å²) in [6.45, 7) is 4.65. The number of urea groups is 1. The number of fused-ring (bicyclic) bond motifs is 1. The molecule has 0 unspecified atom stereocenters. The summed E-state index contributed by atoms with van der Waals surface area (Å²) in [5.41, 5.74) is 2.74. The number of nitrogens with zero attached hydrogens (tertiary/aromatic N) is 1. The van der Waals surface area contributed by atoms with Gasteiger partial charge in [0.05, 0.1) is 12.2 Å². The van der Waals surface area contributed by atoms with Crippen LogP contribution in [0.25, 0.3) is 0 Å². The van der Waals surface area contributed by atoms with E-state index in [1.54, 1.807) is 16.7 Å². The SMILES string of the molecule is CC[C@@H]1CN(C(=O)Nc2cccc(SC)c2)c2cc(C)ccc2O1. The van der Waals surface area contributed by atoms with Gasteiger partial charge in [0.25, 0.3) is 0 Å². The molecule has 1 atom stereocenters. The Kier molecular flexibility index (Phi) is 5.00. The summed E-state index contributed by atoms with van der Waals surface area (Å²) in [5, 5.41) is 3.01. The van der Waals surface area contributed by atoms with E-state index in [-0.39, 0.29) is 12.1 Å². The zero-order chi connectivity index (χ0) is 17.1. The second kappa shape index (κ2) is 7.18. The largest absolute Gasteiger partial charge is 0.486 e. The van der Waals surface area contributed by atoms with Crippen LogP contribution in [0.2, 0.25) is 0 Å². The number of anilines is 2. The van der Waals surface area contributed by atoms with Crippen LogP contribution in [-0.4, -0.2) is 24.9 Å². The molecule has 126 valence electrons. The fourth-order valence-electron chi connectivity index (χ4n) is 2.75. The first-order valence-corrected chi connectivity index (χ1v) is 9.33. The molecule has 0 aliphatic carbocycles. The third kappa shape index (κ3) is 3.51. The summed E-state index contributed by atoms with van der Waals surface area (Å²) in [6, 6.07) is 13.7. The summed E-state index contributed by atoms with van der Waals surface area (Å²) in [5.74, 6) is 0.770. The fourth-order valence-corrected chi connectivity index (χ4v) is 3.21. The molecule has 2 aromatic rings. The van der Waals surface area contributed by atoms with Gasteiger partial charge in [0, 0.05) is 10.6 Å². The molecule has 2 aromatic carbocycles. The number of aryl methyl sites for hydroxylation is 1. The maximum Gasteiger partial charge on any atom is 0.326 e. The lowest BCUT2D eigenvalue weighted by Gasteiger charge is -2.34. The van der Waals surface area contributed by atoms with E-state index in [2.05, 4.69) is 12.2 Å². The first-order valence-electron chi connectivity index (χ1n) is 8.10. The Morgan fingerprint density at radius 3 is 2.92 bits per heavy atom. The van der Waals surface area contributed by atoms with Gasteiger partial charge in [-0.1, -0.05) is 19.1 Å². The summed E-state index contributed by atoms with van der Waals surface area (Å²) in [7, 11) is 0. The number of carbonyl (C=O) groups is 1. The molecule has 0 spiro atoms. The predicted octanol–water partition coefficient (Wildman–Crippen LogP) is 4.93. The van der Waals surface area contributed by atoms with Crippen molar-refractivity contribution in [2.75, 3.05) is 23.0 Å². The van der Waals surface area contributed by atoms with Crippen molar-refractivity contribution < 1.29 is 9.53 Å². The number of carbonyl (C=O) groups excluding carboxylic acids is 1. The highest BCUT2D eigenvalue weighted by atomic mass is 32.2. The van der Waals surface area contributed by atoms with Crippen LogP contribution in [0.3, 0.4) is 0 Å².